The van der Waals surface area contributed by atoms with Crippen LogP contribution in [0.1, 0.15) is 25.7 Å². The lowest BCUT2D eigenvalue weighted by molar-refractivity contribution is 0.133. The highest BCUT2D eigenvalue weighted by atomic mass is 16.6. The summed E-state index contributed by atoms with van der Waals surface area (Å²) in [6.07, 6.45) is 4.66. The monoisotopic (exact) mass is 189 g/mol. The molecule has 0 aromatic carbocycles. The SMILES string of the molecule is [CH2]OCCNCCCCCCON. The van der Waals surface area contributed by atoms with Gasteiger partial charge in [-0.25, -0.2) is 5.90 Å². The van der Waals surface area contributed by atoms with Gasteiger partial charge >= 0.3 is 0 Å². The first-order valence-corrected chi connectivity index (χ1v) is 4.81. The van der Waals surface area contributed by atoms with Gasteiger partial charge in [-0.3, -0.25) is 0 Å². The molecule has 13 heavy (non-hydrogen) atoms. The van der Waals surface area contributed by atoms with Gasteiger partial charge in [-0.2, -0.15) is 0 Å². The Morgan fingerprint density at radius 1 is 1.00 bits per heavy atom. The molecule has 0 heterocycles. The first-order chi connectivity index (χ1) is 6.41. The van der Waals surface area contributed by atoms with E-state index in [0.717, 1.165) is 19.5 Å². The summed E-state index contributed by atoms with van der Waals surface area (Å²) in [6.45, 7) is 3.28. The second-order valence-electron chi connectivity index (χ2n) is 2.94. The van der Waals surface area contributed by atoms with Crippen LogP contribution in [-0.2, 0) is 9.57 Å². The van der Waals surface area contributed by atoms with E-state index in [-0.39, 0.29) is 0 Å². The van der Waals surface area contributed by atoms with Crippen LogP contribution in [0.3, 0.4) is 0 Å². The number of hydrogen-bond acceptors (Lipinski definition) is 4. The first kappa shape index (κ1) is 12.8. The van der Waals surface area contributed by atoms with E-state index in [0.29, 0.717) is 13.2 Å². The lowest BCUT2D eigenvalue weighted by Gasteiger charge is -2.03. The third-order valence-corrected chi connectivity index (χ3v) is 1.79. The zero-order chi connectivity index (χ0) is 9.78. The van der Waals surface area contributed by atoms with Crippen molar-refractivity contribution in [3.05, 3.63) is 7.11 Å². The summed E-state index contributed by atoms with van der Waals surface area (Å²) in [5.41, 5.74) is 0. The molecule has 3 N–H and O–H groups in total. The van der Waals surface area contributed by atoms with Crippen LogP contribution in [0.4, 0.5) is 0 Å². The fraction of sp³-hybridized carbons (Fsp3) is 0.889. The number of nitrogens with one attached hydrogen (secondary N) is 1. The highest BCUT2D eigenvalue weighted by Gasteiger charge is 1.90. The molecule has 0 aromatic rings. The fourth-order valence-corrected chi connectivity index (χ4v) is 1.06. The fourth-order valence-electron chi connectivity index (χ4n) is 1.06. The molecule has 79 valence electrons. The van der Waals surface area contributed by atoms with Gasteiger partial charge in [0.05, 0.1) is 20.3 Å². The van der Waals surface area contributed by atoms with E-state index in [9.17, 15) is 0 Å². The number of nitrogens with two attached hydrogens (primary N) is 1. The van der Waals surface area contributed by atoms with Crippen LogP contribution in [0, 0.1) is 7.11 Å². The molecule has 0 aliphatic heterocycles. The highest BCUT2D eigenvalue weighted by Crippen LogP contribution is 1.97. The maximum atomic E-state index is 4.89. The molecule has 0 aromatic heterocycles. The molecule has 0 fully saturated rings. The Morgan fingerprint density at radius 3 is 2.46 bits per heavy atom. The first-order valence-electron chi connectivity index (χ1n) is 4.81. The molecule has 0 rings (SSSR count). The number of unbranched alkanes of at least 4 members (excludes halogenated alkanes) is 3. The van der Waals surface area contributed by atoms with Crippen molar-refractivity contribution in [1.82, 2.24) is 5.32 Å². The minimum absolute atomic E-state index is 0.669. The summed E-state index contributed by atoms with van der Waals surface area (Å²) in [5.74, 6) is 4.89. The van der Waals surface area contributed by atoms with E-state index in [1.54, 1.807) is 0 Å². The van der Waals surface area contributed by atoms with E-state index in [4.69, 9.17) is 5.90 Å². The quantitative estimate of drug-likeness (QED) is 0.395. The van der Waals surface area contributed by atoms with Crippen molar-refractivity contribution in [3.63, 3.8) is 0 Å². The van der Waals surface area contributed by atoms with Crippen LogP contribution >= 0.6 is 0 Å². The van der Waals surface area contributed by atoms with Crippen LogP contribution in [0.5, 0.6) is 0 Å². The lowest BCUT2D eigenvalue weighted by Crippen LogP contribution is -2.19. The van der Waals surface area contributed by atoms with Gasteiger partial charge in [0.25, 0.3) is 0 Å². The maximum Gasteiger partial charge on any atom is 0.0701 e. The minimum Gasteiger partial charge on any atom is -0.378 e. The Kier molecular flexibility index (Phi) is 11.7. The average Bonchev–Trinajstić information content (AvgIpc) is 2.16. The average molecular weight is 189 g/mol. The van der Waals surface area contributed by atoms with Crippen LogP contribution < -0.4 is 11.2 Å². The number of rotatable bonds is 10. The maximum absolute atomic E-state index is 4.89. The third-order valence-electron chi connectivity index (χ3n) is 1.79. The lowest BCUT2D eigenvalue weighted by atomic mass is 10.2. The Morgan fingerprint density at radius 2 is 1.77 bits per heavy atom. The normalized spacial score (nSPS) is 10.6. The third kappa shape index (κ3) is 11.8. The van der Waals surface area contributed by atoms with E-state index < -0.39 is 0 Å². The standard InChI is InChI=1S/C9H21N2O2/c1-12-9-7-11-6-4-2-3-5-8-13-10/h11H,1-10H2. The zero-order valence-electron chi connectivity index (χ0n) is 8.26. The molecule has 4 heteroatoms. The van der Waals surface area contributed by atoms with E-state index >= 15 is 0 Å². The van der Waals surface area contributed by atoms with Crippen molar-refractivity contribution in [2.45, 2.75) is 25.7 Å². The Bertz CT molecular complexity index is 81.7. The Balaban J connectivity index is 2.76. The van der Waals surface area contributed by atoms with Gasteiger partial charge in [-0.05, 0) is 19.4 Å². The molecule has 0 saturated carbocycles. The zero-order valence-corrected chi connectivity index (χ0v) is 8.26. The molecule has 1 radical (unpaired) electrons. The van der Waals surface area contributed by atoms with Crippen molar-refractivity contribution in [2.75, 3.05) is 26.3 Å². The molecule has 0 aliphatic carbocycles. The second-order valence-corrected chi connectivity index (χ2v) is 2.94. The summed E-state index contributed by atoms with van der Waals surface area (Å²) in [7, 11) is 3.29. The van der Waals surface area contributed by atoms with Crippen molar-refractivity contribution >= 4 is 0 Å². The van der Waals surface area contributed by atoms with Crippen molar-refractivity contribution in [3.8, 4) is 0 Å². The molecular formula is C9H21N2O2. The molecule has 0 atom stereocenters. The van der Waals surface area contributed by atoms with Gasteiger partial charge in [-0.15, -0.1) is 0 Å². The largest absolute Gasteiger partial charge is 0.378 e. The molecule has 0 amide bonds. The number of hydrogen-bond donors (Lipinski definition) is 2. The van der Waals surface area contributed by atoms with E-state index in [1.165, 1.54) is 19.3 Å². The molecule has 4 nitrogen and oxygen atoms in total. The van der Waals surface area contributed by atoms with Gasteiger partial charge in [0.2, 0.25) is 0 Å². The van der Waals surface area contributed by atoms with Gasteiger partial charge in [0, 0.05) is 6.54 Å². The molecule has 0 spiro atoms. The van der Waals surface area contributed by atoms with Crippen LogP contribution in [-0.4, -0.2) is 26.3 Å². The molecule has 0 saturated heterocycles. The smallest absolute Gasteiger partial charge is 0.0701 e. The van der Waals surface area contributed by atoms with Gasteiger partial charge in [0.15, 0.2) is 0 Å². The Hall–Kier alpha value is -0.160. The van der Waals surface area contributed by atoms with Crippen LogP contribution in [0.2, 0.25) is 0 Å². The van der Waals surface area contributed by atoms with Gasteiger partial charge in [-0.1, -0.05) is 12.8 Å². The highest BCUT2D eigenvalue weighted by molar-refractivity contribution is 4.48. The summed E-state index contributed by atoms with van der Waals surface area (Å²) in [5, 5.41) is 3.26. The van der Waals surface area contributed by atoms with Crippen molar-refractivity contribution in [1.29, 1.82) is 0 Å². The van der Waals surface area contributed by atoms with Gasteiger partial charge in [0.1, 0.15) is 0 Å². The predicted octanol–water partition coefficient (Wildman–Crippen LogP) is 0.835. The minimum atomic E-state index is 0.669. The molecule has 0 bridgehead atoms. The summed E-state index contributed by atoms with van der Waals surface area (Å²) in [4.78, 5) is 4.46. The van der Waals surface area contributed by atoms with E-state index in [2.05, 4.69) is 22.0 Å². The summed E-state index contributed by atoms with van der Waals surface area (Å²) >= 11 is 0. The molecular weight excluding hydrogens is 168 g/mol. The van der Waals surface area contributed by atoms with Crippen molar-refractivity contribution < 1.29 is 9.57 Å². The molecule has 0 unspecified atom stereocenters. The van der Waals surface area contributed by atoms with E-state index in [1.807, 2.05) is 0 Å². The summed E-state index contributed by atoms with van der Waals surface area (Å²) in [6, 6.07) is 0. The predicted molar refractivity (Wildman–Crippen MR) is 52.8 cm³/mol. The van der Waals surface area contributed by atoms with Crippen LogP contribution in [0.25, 0.3) is 0 Å². The van der Waals surface area contributed by atoms with Crippen molar-refractivity contribution in [2.24, 2.45) is 5.90 Å². The summed E-state index contributed by atoms with van der Waals surface area (Å²) < 4.78 is 4.66. The van der Waals surface area contributed by atoms with Crippen LogP contribution in [0.15, 0.2) is 0 Å². The second kappa shape index (κ2) is 11.8. The Labute approximate surface area is 80.7 Å². The topological polar surface area (TPSA) is 56.5 Å². The van der Waals surface area contributed by atoms with Gasteiger partial charge < -0.3 is 14.9 Å². The number of ether oxygens (including phenoxy) is 1. The molecule has 0 aliphatic rings.